The quantitative estimate of drug-likeness (QED) is 0.306. The van der Waals surface area contributed by atoms with Crippen molar-refractivity contribution in [3.8, 4) is 0 Å². The Balaban J connectivity index is 1.55. The first-order valence-corrected chi connectivity index (χ1v) is 16.8. The second-order valence-electron chi connectivity index (χ2n) is 13.2. The molecule has 6 nitrogen and oxygen atoms in total. The Bertz CT molecular complexity index is 1100. The summed E-state index contributed by atoms with van der Waals surface area (Å²) in [7, 11) is -2.83. The van der Waals surface area contributed by atoms with Gasteiger partial charge in [0.2, 0.25) is 0 Å². The van der Waals surface area contributed by atoms with E-state index in [4.69, 9.17) is 23.4 Å². The van der Waals surface area contributed by atoms with Gasteiger partial charge in [0.15, 0.2) is 6.29 Å². The Morgan fingerprint density at radius 2 is 1.62 bits per heavy atom. The van der Waals surface area contributed by atoms with Crippen molar-refractivity contribution in [2.75, 3.05) is 19.8 Å². The zero-order chi connectivity index (χ0) is 28.6. The molecule has 3 aliphatic heterocycles. The molecule has 3 fully saturated rings. The van der Waals surface area contributed by atoms with Crippen molar-refractivity contribution in [3.05, 3.63) is 60.7 Å². The van der Waals surface area contributed by atoms with Gasteiger partial charge in [-0.25, -0.2) is 0 Å². The van der Waals surface area contributed by atoms with Gasteiger partial charge in [-0.3, -0.25) is 4.79 Å². The SMILES string of the molecule is CCOC(=O)[C@H]1C(C)(C)[C@H]2O[C@]1(COC1CCCCO1)C[C@@H]2O[Si](c1ccccc1)(c1ccccc1)C(C)(C)C. The molecule has 5 rings (SSSR count). The van der Waals surface area contributed by atoms with Gasteiger partial charge in [0.1, 0.15) is 5.60 Å². The first-order valence-electron chi connectivity index (χ1n) is 14.9. The Morgan fingerprint density at radius 3 is 2.15 bits per heavy atom. The molecule has 3 heterocycles. The predicted molar refractivity (Wildman–Crippen MR) is 158 cm³/mol. The van der Waals surface area contributed by atoms with Crippen LogP contribution in [-0.4, -0.2) is 58.2 Å². The Hall–Kier alpha value is -2.03. The van der Waals surface area contributed by atoms with E-state index in [2.05, 4.69) is 95.3 Å². The van der Waals surface area contributed by atoms with Crippen molar-refractivity contribution in [1.82, 2.24) is 0 Å². The fraction of sp³-hybridized carbons (Fsp3) is 0.606. The molecule has 218 valence electrons. The maximum absolute atomic E-state index is 13.5. The van der Waals surface area contributed by atoms with E-state index < -0.39 is 25.3 Å². The molecule has 0 spiro atoms. The smallest absolute Gasteiger partial charge is 0.312 e. The molecule has 0 saturated carbocycles. The fourth-order valence-corrected chi connectivity index (χ4v) is 12.2. The summed E-state index contributed by atoms with van der Waals surface area (Å²) in [6.07, 6.45) is 2.80. The van der Waals surface area contributed by atoms with Crippen molar-refractivity contribution < 1.29 is 28.2 Å². The highest BCUT2D eigenvalue weighted by Gasteiger charge is 2.71. The van der Waals surface area contributed by atoms with E-state index in [1.165, 1.54) is 10.4 Å². The number of fused-ring (bicyclic) bond motifs is 2. The van der Waals surface area contributed by atoms with Gasteiger partial charge in [-0.1, -0.05) is 95.3 Å². The van der Waals surface area contributed by atoms with E-state index in [9.17, 15) is 4.79 Å². The standard InChI is InChI=1S/C33H46O6Si/c1-7-35-30(34)28-32(5,6)29-26(22-33(28,38-29)23-37-27-20-14-15-21-36-27)39-40(31(2,3)4,24-16-10-8-11-17-24)25-18-12-9-13-19-25/h8-13,16-19,26-29H,7,14-15,20-23H2,1-6H3/t26-,27?,28-,29-,33-/m0/s1. The number of rotatable bonds is 9. The van der Waals surface area contributed by atoms with E-state index >= 15 is 0 Å². The molecular formula is C33H46O6Si. The number of hydrogen-bond acceptors (Lipinski definition) is 6. The van der Waals surface area contributed by atoms with Crippen LogP contribution in [-0.2, 0) is 28.2 Å². The average Bonchev–Trinajstić information content (AvgIpc) is 3.41. The van der Waals surface area contributed by atoms with Crippen LogP contribution in [0.2, 0.25) is 5.04 Å². The molecule has 0 amide bonds. The van der Waals surface area contributed by atoms with Gasteiger partial charge in [-0.05, 0) is 41.6 Å². The van der Waals surface area contributed by atoms with E-state index in [1.807, 2.05) is 6.92 Å². The van der Waals surface area contributed by atoms with Crippen molar-refractivity contribution in [2.45, 2.75) is 96.4 Å². The average molecular weight is 567 g/mol. The summed E-state index contributed by atoms with van der Waals surface area (Å²) in [5.41, 5.74) is -1.34. The van der Waals surface area contributed by atoms with Crippen LogP contribution in [0.4, 0.5) is 0 Å². The topological polar surface area (TPSA) is 63.2 Å². The monoisotopic (exact) mass is 566 g/mol. The van der Waals surface area contributed by atoms with Crippen molar-refractivity contribution in [2.24, 2.45) is 11.3 Å². The molecule has 1 unspecified atom stereocenters. The van der Waals surface area contributed by atoms with E-state index in [-0.39, 0.29) is 36.1 Å². The predicted octanol–water partition coefficient (Wildman–Crippen LogP) is 5.22. The van der Waals surface area contributed by atoms with Crippen molar-refractivity contribution >= 4 is 24.7 Å². The summed E-state index contributed by atoms with van der Waals surface area (Å²) < 4.78 is 32.4. The number of hydrogen-bond donors (Lipinski definition) is 0. The van der Waals surface area contributed by atoms with Gasteiger partial charge in [-0.15, -0.1) is 0 Å². The minimum Gasteiger partial charge on any atom is -0.466 e. The highest BCUT2D eigenvalue weighted by molar-refractivity contribution is 6.99. The normalized spacial score (nSPS) is 29.9. The van der Waals surface area contributed by atoms with Crippen LogP contribution in [0, 0.1) is 11.3 Å². The third kappa shape index (κ3) is 5.09. The van der Waals surface area contributed by atoms with E-state index in [0.717, 1.165) is 19.3 Å². The Morgan fingerprint density at radius 1 is 1.00 bits per heavy atom. The van der Waals surface area contributed by atoms with Gasteiger partial charge in [0.25, 0.3) is 8.32 Å². The lowest BCUT2D eigenvalue weighted by atomic mass is 9.63. The highest BCUT2D eigenvalue weighted by Crippen LogP contribution is 2.60. The number of benzene rings is 2. The number of carbonyl (C=O) groups is 1. The van der Waals surface area contributed by atoms with E-state index in [1.54, 1.807) is 0 Å². The Kier molecular flexibility index (Phi) is 8.34. The molecule has 3 saturated heterocycles. The van der Waals surface area contributed by atoms with Crippen LogP contribution in [0.25, 0.3) is 0 Å². The maximum Gasteiger partial charge on any atom is 0.312 e. The Labute approximate surface area is 240 Å². The molecule has 0 N–H and O–H groups in total. The van der Waals surface area contributed by atoms with Crippen LogP contribution < -0.4 is 10.4 Å². The lowest BCUT2D eigenvalue weighted by molar-refractivity contribution is -0.200. The summed E-state index contributed by atoms with van der Waals surface area (Å²) >= 11 is 0. The lowest BCUT2D eigenvalue weighted by Crippen LogP contribution is -2.69. The van der Waals surface area contributed by atoms with Crippen molar-refractivity contribution in [3.63, 3.8) is 0 Å². The number of carbonyl (C=O) groups excluding carboxylic acids is 1. The maximum atomic E-state index is 13.5. The van der Waals surface area contributed by atoms with Crippen LogP contribution in [0.1, 0.15) is 67.2 Å². The molecule has 0 aromatic heterocycles. The number of esters is 1. The molecule has 5 atom stereocenters. The third-order valence-corrected chi connectivity index (χ3v) is 14.2. The fourth-order valence-electron chi connectivity index (χ4n) is 7.50. The molecule has 0 aliphatic carbocycles. The van der Waals surface area contributed by atoms with E-state index in [0.29, 0.717) is 19.6 Å². The summed E-state index contributed by atoms with van der Waals surface area (Å²) in [4.78, 5) is 13.5. The van der Waals surface area contributed by atoms with Gasteiger partial charge < -0.3 is 23.4 Å². The summed E-state index contributed by atoms with van der Waals surface area (Å²) in [6, 6.07) is 21.4. The zero-order valence-corrected chi connectivity index (χ0v) is 26.0. The second kappa shape index (κ2) is 11.3. The lowest BCUT2D eigenvalue weighted by Gasteiger charge is -2.48. The van der Waals surface area contributed by atoms with Crippen LogP contribution >= 0.6 is 0 Å². The van der Waals surface area contributed by atoms with Crippen LogP contribution in [0.5, 0.6) is 0 Å². The summed E-state index contributed by atoms with van der Waals surface area (Å²) in [5.74, 6) is -0.667. The molecular weight excluding hydrogens is 520 g/mol. The largest absolute Gasteiger partial charge is 0.466 e. The summed E-state index contributed by atoms with van der Waals surface area (Å²) in [6.45, 7) is 14.3. The first-order chi connectivity index (χ1) is 19.0. The highest BCUT2D eigenvalue weighted by atomic mass is 28.4. The second-order valence-corrected chi connectivity index (χ2v) is 17.5. The van der Waals surface area contributed by atoms with Crippen molar-refractivity contribution in [1.29, 1.82) is 0 Å². The summed E-state index contributed by atoms with van der Waals surface area (Å²) in [5, 5.41) is 2.30. The molecule has 2 aromatic carbocycles. The molecule has 2 aromatic rings. The molecule has 40 heavy (non-hydrogen) atoms. The number of ether oxygens (including phenoxy) is 4. The first kappa shape index (κ1) is 29.5. The molecule has 2 bridgehead atoms. The van der Waals surface area contributed by atoms with Gasteiger partial charge >= 0.3 is 5.97 Å². The molecule has 3 aliphatic rings. The van der Waals surface area contributed by atoms with Crippen LogP contribution in [0.3, 0.4) is 0 Å². The van der Waals surface area contributed by atoms with Gasteiger partial charge in [0.05, 0.1) is 31.3 Å². The minimum atomic E-state index is -2.83. The molecule has 7 heteroatoms. The zero-order valence-electron chi connectivity index (χ0n) is 25.0. The van der Waals surface area contributed by atoms with Gasteiger partial charge in [-0.2, -0.15) is 0 Å². The third-order valence-electron chi connectivity index (χ3n) is 9.17. The minimum absolute atomic E-state index is 0.165. The molecule has 0 radical (unpaired) electrons. The van der Waals surface area contributed by atoms with Gasteiger partial charge in [0, 0.05) is 18.4 Å². The van der Waals surface area contributed by atoms with Crippen LogP contribution in [0.15, 0.2) is 60.7 Å².